The van der Waals surface area contributed by atoms with E-state index in [-0.39, 0.29) is 2.85 Å². The minimum atomic E-state index is 0. The molecule has 0 atom stereocenters. The Kier molecular flexibility index (Phi) is 13.5. The minimum Gasteiger partial charge on any atom is -0.328 e. The van der Waals surface area contributed by atoms with E-state index in [0.29, 0.717) is 12.1 Å². The average Bonchev–Trinajstić information content (AvgIpc) is 3.51. The van der Waals surface area contributed by atoms with Gasteiger partial charge >= 0.3 is 0 Å². The molecule has 1 aromatic rings. The van der Waals surface area contributed by atoms with Crippen LogP contribution in [0.5, 0.6) is 0 Å². The zero-order valence-corrected chi connectivity index (χ0v) is 16.7. The SMILES string of the molecule is CNO.NC1CCCCC1.NC1CCCCC1.[HH].[HH].c1ccc(C2CC2)cc1. The second-order valence-electron chi connectivity index (χ2n) is 7.70. The molecule has 3 saturated carbocycles. The largest absolute Gasteiger partial charge is 0.328 e. The molecule has 3 aliphatic carbocycles. The summed E-state index contributed by atoms with van der Waals surface area (Å²) >= 11 is 0. The van der Waals surface area contributed by atoms with E-state index in [1.165, 1.54) is 89.7 Å². The molecule has 6 N–H and O–H groups in total. The Balaban J connectivity index is 0. The van der Waals surface area contributed by atoms with E-state index in [9.17, 15) is 0 Å². The molecule has 3 fully saturated rings. The average molecular weight is 368 g/mol. The summed E-state index contributed by atoms with van der Waals surface area (Å²) in [6, 6.07) is 11.8. The van der Waals surface area contributed by atoms with Crippen LogP contribution in [0, 0.1) is 0 Å². The van der Waals surface area contributed by atoms with E-state index < -0.39 is 0 Å². The molecule has 26 heavy (non-hydrogen) atoms. The van der Waals surface area contributed by atoms with Gasteiger partial charge in [0.25, 0.3) is 0 Å². The Labute approximate surface area is 163 Å². The van der Waals surface area contributed by atoms with Gasteiger partial charge in [0.1, 0.15) is 0 Å². The van der Waals surface area contributed by atoms with Crippen molar-refractivity contribution < 1.29 is 8.06 Å². The van der Waals surface area contributed by atoms with Gasteiger partial charge in [-0.15, -0.1) is 0 Å². The molecule has 4 nitrogen and oxygen atoms in total. The van der Waals surface area contributed by atoms with Gasteiger partial charge in [-0.3, -0.25) is 0 Å². The van der Waals surface area contributed by atoms with Gasteiger partial charge in [-0.2, -0.15) is 0 Å². The molecule has 4 heteroatoms. The van der Waals surface area contributed by atoms with Gasteiger partial charge in [0.2, 0.25) is 0 Å². The number of hydrogen-bond donors (Lipinski definition) is 4. The fraction of sp³-hybridized carbons (Fsp3) is 0.727. The van der Waals surface area contributed by atoms with Crippen LogP contribution in [0.4, 0.5) is 0 Å². The second kappa shape index (κ2) is 15.2. The number of benzene rings is 1. The number of nitrogens with one attached hydrogen (secondary N) is 1. The molecule has 0 radical (unpaired) electrons. The summed E-state index contributed by atoms with van der Waals surface area (Å²) < 4.78 is 0. The third-order valence-corrected chi connectivity index (χ3v) is 5.15. The monoisotopic (exact) mass is 367 g/mol. The first-order valence-electron chi connectivity index (χ1n) is 10.5. The predicted molar refractivity (Wildman–Crippen MR) is 116 cm³/mol. The highest BCUT2D eigenvalue weighted by atomic mass is 16.5. The Morgan fingerprint density at radius 1 is 0.769 bits per heavy atom. The van der Waals surface area contributed by atoms with Gasteiger partial charge in [-0.05, 0) is 50.0 Å². The number of nitrogens with two attached hydrogens (primary N) is 2. The van der Waals surface area contributed by atoms with Crippen LogP contribution < -0.4 is 16.9 Å². The predicted octanol–water partition coefficient (Wildman–Crippen LogP) is 5.21. The fourth-order valence-corrected chi connectivity index (χ4v) is 3.41. The lowest BCUT2D eigenvalue weighted by Crippen LogP contribution is -2.22. The van der Waals surface area contributed by atoms with Gasteiger partial charge in [0.05, 0.1) is 0 Å². The standard InChI is InChI=1S/C9H10.2C6H13N.CH5NO.2H2/c1-2-4-8(5-3-1)9-6-7-9;2*7-6-4-2-1-3-5-6;1-2-3;;/h1-5,9H,6-7H2;2*6H,1-5,7H2;2-3H,1H3;2*1H. The van der Waals surface area contributed by atoms with Crippen molar-refractivity contribution in [3.05, 3.63) is 35.9 Å². The van der Waals surface area contributed by atoms with Crippen LogP contribution in [0.15, 0.2) is 30.3 Å². The van der Waals surface area contributed by atoms with Gasteiger partial charge in [0.15, 0.2) is 0 Å². The molecule has 0 bridgehead atoms. The first kappa shape index (κ1) is 23.1. The molecule has 0 aliphatic heterocycles. The van der Waals surface area contributed by atoms with Crippen molar-refractivity contribution in [2.75, 3.05) is 7.05 Å². The lowest BCUT2D eigenvalue weighted by Gasteiger charge is -2.15. The number of hydrogen-bond acceptors (Lipinski definition) is 4. The normalized spacial score (nSPS) is 20.5. The van der Waals surface area contributed by atoms with Crippen molar-refractivity contribution in [1.29, 1.82) is 0 Å². The first-order valence-corrected chi connectivity index (χ1v) is 10.5. The second-order valence-corrected chi connectivity index (χ2v) is 7.70. The van der Waals surface area contributed by atoms with E-state index in [1.807, 2.05) is 0 Å². The molecule has 0 unspecified atom stereocenters. The highest BCUT2D eigenvalue weighted by Crippen LogP contribution is 2.39. The summed E-state index contributed by atoms with van der Waals surface area (Å²) in [6.07, 6.45) is 16.1. The summed E-state index contributed by atoms with van der Waals surface area (Å²) in [5, 5.41) is 7.32. The van der Waals surface area contributed by atoms with Gasteiger partial charge < -0.3 is 16.7 Å². The van der Waals surface area contributed by atoms with E-state index in [2.05, 4.69) is 30.3 Å². The summed E-state index contributed by atoms with van der Waals surface area (Å²) in [5.41, 5.74) is 14.5. The van der Waals surface area contributed by atoms with Crippen LogP contribution in [0.3, 0.4) is 0 Å². The highest BCUT2D eigenvalue weighted by Gasteiger charge is 2.22. The Morgan fingerprint density at radius 2 is 1.15 bits per heavy atom. The molecule has 0 spiro atoms. The van der Waals surface area contributed by atoms with Crippen molar-refractivity contribution in [3.63, 3.8) is 0 Å². The Hall–Kier alpha value is -0.940. The summed E-state index contributed by atoms with van der Waals surface area (Å²) in [4.78, 5) is 0. The van der Waals surface area contributed by atoms with Crippen LogP contribution in [0.25, 0.3) is 0 Å². The summed E-state index contributed by atoms with van der Waals surface area (Å²) in [7, 11) is 1.43. The van der Waals surface area contributed by atoms with Crippen molar-refractivity contribution in [1.82, 2.24) is 5.48 Å². The first-order chi connectivity index (χ1) is 12.7. The molecule has 0 saturated heterocycles. The molecular formula is C22H45N3O. The van der Waals surface area contributed by atoms with E-state index in [0.717, 1.165) is 5.92 Å². The van der Waals surface area contributed by atoms with E-state index in [1.54, 1.807) is 5.48 Å². The third-order valence-electron chi connectivity index (χ3n) is 5.15. The van der Waals surface area contributed by atoms with Crippen LogP contribution in [-0.2, 0) is 0 Å². The van der Waals surface area contributed by atoms with Crippen molar-refractivity contribution in [2.24, 2.45) is 11.5 Å². The van der Waals surface area contributed by atoms with Crippen molar-refractivity contribution >= 4 is 0 Å². The van der Waals surface area contributed by atoms with E-state index >= 15 is 0 Å². The molecular weight excluding hydrogens is 322 g/mol. The van der Waals surface area contributed by atoms with E-state index in [4.69, 9.17) is 16.7 Å². The fourth-order valence-electron chi connectivity index (χ4n) is 3.41. The third kappa shape index (κ3) is 12.4. The Bertz CT molecular complexity index is 405. The number of hydroxylamine groups is 1. The number of rotatable bonds is 1. The molecule has 154 valence electrons. The highest BCUT2D eigenvalue weighted by molar-refractivity contribution is 5.22. The molecule has 0 amide bonds. The topological polar surface area (TPSA) is 84.3 Å². The maximum Gasteiger partial charge on any atom is 0.00929 e. The zero-order valence-electron chi connectivity index (χ0n) is 16.7. The Morgan fingerprint density at radius 3 is 1.42 bits per heavy atom. The molecule has 1 aromatic carbocycles. The smallest absolute Gasteiger partial charge is 0.00929 e. The summed E-state index contributed by atoms with van der Waals surface area (Å²) in [5.74, 6) is 0.909. The molecule has 0 aromatic heterocycles. The lowest BCUT2D eigenvalue weighted by molar-refractivity contribution is 0.194. The maximum absolute atomic E-state index is 7.32. The van der Waals surface area contributed by atoms with Gasteiger partial charge in [0, 0.05) is 22.0 Å². The van der Waals surface area contributed by atoms with Crippen molar-refractivity contribution in [2.45, 2.75) is 95.1 Å². The molecule has 0 heterocycles. The summed E-state index contributed by atoms with van der Waals surface area (Å²) in [6.45, 7) is 0. The minimum absolute atomic E-state index is 0. The lowest BCUT2D eigenvalue weighted by atomic mass is 9.97. The van der Waals surface area contributed by atoms with Crippen LogP contribution in [0.2, 0.25) is 0 Å². The zero-order chi connectivity index (χ0) is 19.0. The maximum atomic E-state index is 7.32. The van der Waals surface area contributed by atoms with Crippen molar-refractivity contribution in [3.8, 4) is 0 Å². The van der Waals surface area contributed by atoms with Gasteiger partial charge in [-0.25, -0.2) is 5.48 Å². The quantitative estimate of drug-likeness (QED) is 0.514. The molecule has 3 aliphatic rings. The van der Waals surface area contributed by atoms with Crippen LogP contribution in [-0.4, -0.2) is 24.3 Å². The van der Waals surface area contributed by atoms with Crippen LogP contribution in [0.1, 0.15) is 91.4 Å². The molecule has 4 rings (SSSR count). The van der Waals surface area contributed by atoms with Crippen LogP contribution >= 0.6 is 0 Å². The van der Waals surface area contributed by atoms with Gasteiger partial charge in [-0.1, -0.05) is 68.9 Å².